The molecule has 5 nitrogen and oxygen atoms in total. The van der Waals surface area contributed by atoms with Crippen molar-refractivity contribution in [3.63, 3.8) is 0 Å². The molecule has 1 aliphatic rings. The van der Waals surface area contributed by atoms with Crippen molar-refractivity contribution >= 4 is 37.8 Å². The third-order valence-corrected chi connectivity index (χ3v) is 6.38. The van der Waals surface area contributed by atoms with Gasteiger partial charge in [0.15, 0.2) is 9.84 Å². The fraction of sp³-hybridized carbons (Fsp3) is 0.556. The molecule has 1 aliphatic heterocycles. The first-order chi connectivity index (χ1) is 7.89. The van der Waals surface area contributed by atoms with Gasteiger partial charge in [0.25, 0.3) is 0 Å². The summed E-state index contributed by atoms with van der Waals surface area (Å²) in [4.78, 5) is 10.7. The van der Waals surface area contributed by atoms with Crippen molar-refractivity contribution in [3.05, 3.63) is 27.1 Å². The highest BCUT2D eigenvalue weighted by molar-refractivity contribution is 7.91. The van der Waals surface area contributed by atoms with Gasteiger partial charge in [0.1, 0.15) is 0 Å². The molecule has 1 aromatic rings. The molecule has 17 heavy (non-hydrogen) atoms. The fourth-order valence-corrected chi connectivity index (χ4v) is 5.14. The number of rotatable bonds is 3. The number of nitrogens with zero attached hydrogens (tertiary/aromatic N) is 1. The summed E-state index contributed by atoms with van der Waals surface area (Å²) in [7, 11) is -2.97. The largest absolute Gasteiger partial charge is 0.324 e. The Hall–Kier alpha value is -0.660. The highest BCUT2D eigenvalue weighted by Gasteiger charge is 2.34. The summed E-state index contributed by atoms with van der Waals surface area (Å²) in [6, 6.07) is 3.00. The first-order valence-electron chi connectivity index (χ1n) is 4.98. The van der Waals surface area contributed by atoms with E-state index < -0.39 is 20.1 Å². The second kappa shape index (κ2) is 4.55. The smallest absolute Gasteiger partial charge is 0.258 e. The molecule has 0 spiro atoms. The predicted molar refractivity (Wildman–Crippen MR) is 66.3 cm³/mol. The highest BCUT2D eigenvalue weighted by Crippen LogP contribution is 2.40. The normalized spacial score (nSPS) is 24.6. The van der Waals surface area contributed by atoms with E-state index >= 15 is 0 Å². The van der Waals surface area contributed by atoms with E-state index in [1.54, 1.807) is 6.07 Å². The lowest BCUT2D eigenvalue weighted by atomic mass is 10.0. The maximum absolute atomic E-state index is 11.3. The Kier molecular flexibility index (Phi) is 3.42. The summed E-state index contributed by atoms with van der Waals surface area (Å²) in [5.74, 6) is 0.0984. The Morgan fingerprint density at radius 3 is 2.71 bits per heavy atom. The topological polar surface area (TPSA) is 77.3 Å². The van der Waals surface area contributed by atoms with Gasteiger partial charge in [0, 0.05) is 10.9 Å². The maximum atomic E-state index is 11.3. The first-order valence-corrected chi connectivity index (χ1v) is 8.05. The van der Waals surface area contributed by atoms with Crippen LogP contribution in [0.15, 0.2) is 12.1 Å². The molecule has 2 unspecified atom stereocenters. The van der Waals surface area contributed by atoms with Crippen LogP contribution in [0, 0.1) is 16.0 Å². The minimum Gasteiger partial charge on any atom is -0.258 e. The molecular weight excluding hydrogens is 286 g/mol. The van der Waals surface area contributed by atoms with Gasteiger partial charge in [-0.05, 0) is 18.4 Å². The van der Waals surface area contributed by atoms with Crippen LogP contribution in [0.5, 0.6) is 0 Å². The zero-order chi connectivity index (χ0) is 12.6. The van der Waals surface area contributed by atoms with E-state index in [4.69, 9.17) is 11.6 Å². The van der Waals surface area contributed by atoms with Crippen LogP contribution in [0.3, 0.4) is 0 Å². The number of sulfone groups is 1. The van der Waals surface area contributed by atoms with Crippen LogP contribution in [0.2, 0.25) is 0 Å². The summed E-state index contributed by atoms with van der Waals surface area (Å²) in [5, 5.41) is 10.1. The summed E-state index contributed by atoms with van der Waals surface area (Å²) in [6.07, 6.45) is 0.530. The Morgan fingerprint density at radius 1 is 1.53 bits per heavy atom. The van der Waals surface area contributed by atoms with Crippen molar-refractivity contribution in [3.8, 4) is 0 Å². The minimum absolute atomic E-state index is 0.0338. The molecule has 0 radical (unpaired) electrons. The van der Waals surface area contributed by atoms with Crippen molar-refractivity contribution in [2.45, 2.75) is 11.8 Å². The van der Waals surface area contributed by atoms with Gasteiger partial charge >= 0.3 is 5.00 Å². The number of thiophene rings is 1. The zero-order valence-corrected chi connectivity index (χ0v) is 11.1. The lowest BCUT2D eigenvalue weighted by molar-refractivity contribution is -0.380. The monoisotopic (exact) mass is 295 g/mol. The van der Waals surface area contributed by atoms with E-state index in [1.165, 1.54) is 6.07 Å². The number of hydrogen-bond acceptors (Lipinski definition) is 5. The Bertz CT molecular complexity index is 539. The Morgan fingerprint density at radius 2 is 2.24 bits per heavy atom. The van der Waals surface area contributed by atoms with Gasteiger partial charge in [-0.25, -0.2) is 8.42 Å². The molecule has 8 heteroatoms. The van der Waals surface area contributed by atoms with Gasteiger partial charge in [0.05, 0.1) is 21.8 Å². The molecule has 0 aliphatic carbocycles. The lowest BCUT2D eigenvalue weighted by Crippen LogP contribution is -2.09. The molecule has 2 heterocycles. The van der Waals surface area contributed by atoms with Crippen LogP contribution in [0.4, 0.5) is 5.00 Å². The number of halogens is 1. The van der Waals surface area contributed by atoms with Crippen molar-refractivity contribution in [2.75, 3.05) is 11.5 Å². The molecule has 94 valence electrons. The number of hydrogen-bond donors (Lipinski definition) is 0. The van der Waals surface area contributed by atoms with Crippen LogP contribution in [-0.4, -0.2) is 24.8 Å². The summed E-state index contributed by atoms with van der Waals surface area (Å²) in [5.41, 5.74) is 0. The standard InChI is InChI=1S/C9H10ClNO4S2/c10-9(6-3-4-17(14,15)5-6)7-1-2-8(16-7)11(12)13/h1-2,6,9H,3-5H2. The summed E-state index contributed by atoms with van der Waals surface area (Å²) in [6.45, 7) is 0. The summed E-state index contributed by atoms with van der Waals surface area (Å²) < 4.78 is 22.7. The van der Waals surface area contributed by atoms with Crippen molar-refractivity contribution in [1.29, 1.82) is 0 Å². The number of nitro groups is 1. The zero-order valence-electron chi connectivity index (χ0n) is 8.71. The highest BCUT2D eigenvalue weighted by atomic mass is 35.5. The molecule has 0 amide bonds. The van der Waals surface area contributed by atoms with E-state index in [0.29, 0.717) is 11.3 Å². The first kappa shape index (κ1) is 12.8. The molecule has 1 aromatic heterocycles. The van der Waals surface area contributed by atoms with Crippen LogP contribution in [-0.2, 0) is 9.84 Å². The van der Waals surface area contributed by atoms with Gasteiger partial charge in [-0.1, -0.05) is 11.3 Å². The van der Waals surface area contributed by atoms with Gasteiger partial charge in [-0.3, -0.25) is 10.1 Å². The Labute approximate surface area is 107 Å². The molecule has 0 aromatic carbocycles. The van der Waals surface area contributed by atoms with Crippen LogP contribution < -0.4 is 0 Å². The van der Waals surface area contributed by atoms with Gasteiger partial charge in [-0.15, -0.1) is 11.6 Å². The van der Waals surface area contributed by atoms with E-state index in [-0.39, 0.29) is 22.4 Å². The van der Waals surface area contributed by atoms with Gasteiger partial charge < -0.3 is 0 Å². The fourth-order valence-electron chi connectivity index (χ4n) is 1.88. The molecule has 0 saturated carbocycles. The maximum Gasteiger partial charge on any atom is 0.324 e. The lowest BCUT2D eigenvalue weighted by Gasteiger charge is -2.12. The quantitative estimate of drug-likeness (QED) is 0.487. The van der Waals surface area contributed by atoms with E-state index in [0.717, 1.165) is 11.3 Å². The second-order valence-corrected chi connectivity index (χ2v) is 7.79. The van der Waals surface area contributed by atoms with Crippen LogP contribution in [0.1, 0.15) is 16.7 Å². The molecule has 0 bridgehead atoms. The van der Waals surface area contributed by atoms with Gasteiger partial charge in [0.2, 0.25) is 0 Å². The number of alkyl halides is 1. The third-order valence-electron chi connectivity index (χ3n) is 2.75. The molecular formula is C9H10ClNO4S2. The van der Waals surface area contributed by atoms with Crippen molar-refractivity contribution in [2.24, 2.45) is 5.92 Å². The van der Waals surface area contributed by atoms with Crippen molar-refractivity contribution < 1.29 is 13.3 Å². The molecule has 2 atom stereocenters. The van der Waals surface area contributed by atoms with Gasteiger partial charge in [-0.2, -0.15) is 0 Å². The Balaban J connectivity index is 2.14. The van der Waals surface area contributed by atoms with E-state index in [1.807, 2.05) is 0 Å². The SMILES string of the molecule is O=[N+]([O-])c1ccc(C(Cl)C2CCS(=O)(=O)C2)s1. The van der Waals surface area contributed by atoms with Crippen molar-refractivity contribution in [1.82, 2.24) is 0 Å². The summed E-state index contributed by atoms with van der Waals surface area (Å²) >= 11 is 7.19. The minimum atomic E-state index is -2.97. The second-order valence-electron chi connectivity index (χ2n) is 4.00. The van der Waals surface area contributed by atoms with Crippen LogP contribution in [0.25, 0.3) is 0 Å². The van der Waals surface area contributed by atoms with Crippen LogP contribution >= 0.6 is 22.9 Å². The average Bonchev–Trinajstić information content (AvgIpc) is 2.83. The third kappa shape index (κ3) is 2.78. The average molecular weight is 296 g/mol. The molecule has 2 rings (SSSR count). The molecule has 1 fully saturated rings. The molecule has 0 N–H and O–H groups in total. The molecule has 1 saturated heterocycles. The predicted octanol–water partition coefficient (Wildman–Crippen LogP) is 2.37. The van der Waals surface area contributed by atoms with E-state index in [9.17, 15) is 18.5 Å². The van der Waals surface area contributed by atoms with E-state index in [2.05, 4.69) is 0 Å².